The fourth-order valence-electron chi connectivity index (χ4n) is 2.18. The van der Waals surface area contributed by atoms with E-state index in [1.54, 1.807) is 7.11 Å². The maximum atomic E-state index is 6.57. The maximum Gasteiger partial charge on any atom is 0.137 e. The van der Waals surface area contributed by atoms with Crippen molar-refractivity contribution in [1.29, 1.82) is 0 Å². The van der Waals surface area contributed by atoms with E-state index in [0.29, 0.717) is 10.8 Å². The number of hydrogen-bond donors (Lipinski definition) is 0. The predicted octanol–water partition coefficient (Wildman–Crippen LogP) is 5.97. The summed E-state index contributed by atoms with van der Waals surface area (Å²) in [6.07, 6.45) is 0. The SMILES string of the molecule is COc1ccc(C(Cl)c2ccc(C(C)(C)C)cc2)cc1Cl. The molecule has 0 amide bonds. The van der Waals surface area contributed by atoms with Crippen LogP contribution in [0, 0.1) is 0 Å². The summed E-state index contributed by atoms with van der Waals surface area (Å²) in [6, 6.07) is 14.1. The molecule has 0 heterocycles. The molecule has 2 aromatic rings. The molecule has 0 radical (unpaired) electrons. The van der Waals surface area contributed by atoms with Gasteiger partial charge in [0.25, 0.3) is 0 Å². The Balaban J connectivity index is 2.27. The molecule has 112 valence electrons. The van der Waals surface area contributed by atoms with Gasteiger partial charge in [-0.05, 0) is 34.2 Å². The third-order valence-electron chi connectivity index (χ3n) is 3.54. The highest BCUT2D eigenvalue weighted by Crippen LogP contribution is 2.34. The van der Waals surface area contributed by atoms with Crippen LogP contribution < -0.4 is 4.74 Å². The molecular formula is C18H20Cl2O. The quantitative estimate of drug-likeness (QED) is 0.632. The van der Waals surface area contributed by atoms with Crippen molar-refractivity contribution in [3.8, 4) is 5.75 Å². The number of alkyl halides is 1. The molecule has 1 atom stereocenters. The van der Waals surface area contributed by atoms with Gasteiger partial charge in [0, 0.05) is 0 Å². The molecule has 3 heteroatoms. The topological polar surface area (TPSA) is 9.23 Å². The molecule has 21 heavy (non-hydrogen) atoms. The fourth-order valence-corrected chi connectivity index (χ4v) is 2.73. The fraction of sp³-hybridized carbons (Fsp3) is 0.333. The van der Waals surface area contributed by atoms with Crippen molar-refractivity contribution in [3.63, 3.8) is 0 Å². The smallest absolute Gasteiger partial charge is 0.137 e. The Morgan fingerprint density at radius 2 is 1.52 bits per heavy atom. The lowest BCUT2D eigenvalue weighted by Gasteiger charge is -2.20. The molecule has 1 nitrogen and oxygen atoms in total. The summed E-state index contributed by atoms with van der Waals surface area (Å²) in [5, 5.41) is 0.356. The van der Waals surface area contributed by atoms with Crippen molar-refractivity contribution >= 4 is 23.2 Å². The molecule has 0 bridgehead atoms. The zero-order valence-corrected chi connectivity index (χ0v) is 14.3. The first-order valence-corrected chi connectivity index (χ1v) is 7.72. The van der Waals surface area contributed by atoms with Gasteiger partial charge in [-0.3, -0.25) is 0 Å². The van der Waals surface area contributed by atoms with Gasteiger partial charge in [-0.2, -0.15) is 0 Å². The molecule has 2 rings (SSSR count). The number of halogens is 2. The normalized spacial score (nSPS) is 13.0. The summed E-state index contributed by atoms with van der Waals surface area (Å²) in [5.41, 5.74) is 3.46. The molecule has 2 aromatic carbocycles. The standard InChI is InChI=1S/C18H20Cl2O/c1-18(2,3)14-8-5-12(6-9-14)17(20)13-7-10-16(21-4)15(19)11-13/h5-11,17H,1-4H3. The Hall–Kier alpha value is -1.18. The van der Waals surface area contributed by atoms with E-state index in [4.69, 9.17) is 27.9 Å². The molecule has 0 saturated heterocycles. The van der Waals surface area contributed by atoms with E-state index in [1.165, 1.54) is 5.56 Å². The molecule has 0 spiro atoms. The summed E-state index contributed by atoms with van der Waals surface area (Å²) in [4.78, 5) is 0. The average Bonchev–Trinajstić information content (AvgIpc) is 2.45. The van der Waals surface area contributed by atoms with Crippen LogP contribution in [-0.2, 0) is 5.41 Å². The Kier molecular flexibility index (Phi) is 4.85. The van der Waals surface area contributed by atoms with Crippen LogP contribution in [-0.4, -0.2) is 7.11 Å². The Labute approximate surface area is 136 Å². The van der Waals surface area contributed by atoms with Crippen LogP contribution in [0.25, 0.3) is 0 Å². The van der Waals surface area contributed by atoms with Crippen molar-refractivity contribution in [1.82, 2.24) is 0 Å². The Bertz CT molecular complexity index is 612. The van der Waals surface area contributed by atoms with Crippen molar-refractivity contribution < 1.29 is 4.74 Å². The summed E-state index contributed by atoms with van der Waals surface area (Å²) in [7, 11) is 1.60. The summed E-state index contributed by atoms with van der Waals surface area (Å²) in [5.74, 6) is 0.660. The van der Waals surface area contributed by atoms with Gasteiger partial charge in [0.2, 0.25) is 0 Å². The van der Waals surface area contributed by atoms with Crippen LogP contribution in [0.2, 0.25) is 5.02 Å². The van der Waals surface area contributed by atoms with Crippen molar-refractivity contribution in [2.75, 3.05) is 7.11 Å². The first kappa shape index (κ1) is 16.2. The lowest BCUT2D eigenvalue weighted by atomic mass is 9.86. The van der Waals surface area contributed by atoms with E-state index in [0.717, 1.165) is 11.1 Å². The second-order valence-corrected chi connectivity index (χ2v) is 6.97. The van der Waals surface area contributed by atoms with Gasteiger partial charge in [-0.15, -0.1) is 11.6 Å². The van der Waals surface area contributed by atoms with E-state index in [-0.39, 0.29) is 10.8 Å². The van der Waals surface area contributed by atoms with Gasteiger partial charge < -0.3 is 4.74 Å². The molecule has 0 aliphatic carbocycles. The summed E-state index contributed by atoms with van der Waals surface area (Å²) >= 11 is 12.7. The zero-order valence-electron chi connectivity index (χ0n) is 12.8. The minimum atomic E-state index is -0.220. The van der Waals surface area contributed by atoms with Gasteiger partial charge in [-0.1, -0.05) is 62.7 Å². The molecule has 0 aliphatic heterocycles. The largest absolute Gasteiger partial charge is 0.495 e. The van der Waals surface area contributed by atoms with Crippen molar-refractivity contribution in [2.45, 2.75) is 31.6 Å². The highest BCUT2D eigenvalue weighted by atomic mass is 35.5. The third kappa shape index (κ3) is 3.72. The number of rotatable bonds is 3. The second kappa shape index (κ2) is 6.29. The first-order chi connectivity index (χ1) is 9.82. The minimum Gasteiger partial charge on any atom is -0.495 e. The van der Waals surface area contributed by atoms with E-state index >= 15 is 0 Å². The monoisotopic (exact) mass is 322 g/mol. The Morgan fingerprint density at radius 3 is 2.00 bits per heavy atom. The summed E-state index contributed by atoms with van der Waals surface area (Å²) < 4.78 is 5.16. The van der Waals surface area contributed by atoms with Crippen LogP contribution in [0.15, 0.2) is 42.5 Å². The van der Waals surface area contributed by atoms with Crippen LogP contribution in [0.3, 0.4) is 0 Å². The number of hydrogen-bond acceptors (Lipinski definition) is 1. The van der Waals surface area contributed by atoms with Crippen LogP contribution in [0.1, 0.15) is 42.8 Å². The molecule has 0 fully saturated rings. The van der Waals surface area contributed by atoms with Gasteiger partial charge in [0.05, 0.1) is 17.5 Å². The van der Waals surface area contributed by atoms with Crippen LogP contribution in [0.5, 0.6) is 5.75 Å². The molecular weight excluding hydrogens is 303 g/mol. The van der Waals surface area contributed by atoms with Crippen molar-refractivity contribution in [2.24, 2.45) is 0 Å². The highest BCUT2D eigenvalue weighted by molar-refractivity contribution is 6.32. The first-order valence-electron chi connectivity index (χ1n) is 6.91. The lowest BCUT2D eigenvalue weighted by Crippen LogP contribution is -2.10. The predicted molar refractivity (Wildman–Crippen MR) is 90.8 cm³/mol. The highest BCUT2D eigenvalue weighted by Gasteiger charge is 2.16. The van der Waals surface area contributed by atoms with Gasteiger partial charge >= 0.3 is 0 Å². The lowest BCUT2D eigenvalue weighted by molar-refractivity contribution is 0.415. The molecule has 0 aliphatic rings. The van der Waals surface area contributed by atoms with Gasteiger partial charge in [0.15, 0.2) is 0 Å². The minimum absolute atomic E-state index is 0.143. The molecule has 1 unspecified atom stereocenters. The molecule has 0 N–H and O–H groups in total. The summed E-state index contributed by atoms with van der Waals surface area (Å²) in [6.45, 7) is 6.59. The average molecular weight is 323 g/mol. The molecule has 0 saturated carbocycles. The number of benzene rings is 2. The third-order valence-corrected chi connectivity index (χ3v) is 4.34. The van der Waals surface area contributed by atoms with Crippen LogP contribution >= 0.6 is 23.2 Å². The van der Waals surface area contributed by atoms with E-state index in [2.05, 4.69) is 45.0 Å². The van der Waals surface area contributed by atoms with E-state index in [9.17, 15) is 0 Å². The number of methoxy groups -OCH3 is 1. The second-order valence-electron chi connectivity index (χ2n) is 6.13. The van der Waals surface area contributed by atoms with Crippen LogP contribution in [0.4, 0.5) is 0 Å². The Morgan fingerprint density at radius 1 is 0.952 bits per heavy atom. The molecule has 0 aromatic heterocycles. The maximum absolute atomic E-state index is 6.57. The van der Waals surface area contributed by atoms with Gasteiger partial charge in [0.1, 0.15) is 5.75 Å². The van der Waals surface area contributed by atoms with E-state index < -0.39 is 0 Å². The van der Waals surface area contributed by atoms with Gasteiger partial charge in [-0.25, -0.2) is 0 Å². The van der Waals surface area contributed by atoms with Crippen molar-refractivity contribution in [3.05, 3.63) is 64.2 Å². The zero-order chi connectivity index (χ0) is 15.6. The number of ether oxygens (including phenoxy) is 1. The van der Waals surface area contributed by atoms with E-state index in [1.807, 2.05) is 18.2 Å².